The van der Waals surface area contributed by atoms with E-state index in [0.717, 1.165) is 18.4 Å². The van der Waals surface area contributed by atoms with E-state index in [4.69, 9.17) is 0 Å². The minimum Gasteiger partial charge on any atom is -0.372 e. The Morgan fingerprint density at radius 1 is 1.10 bits per heavy atom. The topological polar surface area (TPSA) is 15.3 Å². The lowest BCUT2D eigenvalue weighted by Crippen LogP contribution is -2.35. The van der Waals surface area contributed by atoms with Gasteiger partial charge in [0.1, 0.15) is 0 Å². The van der Waals surface area contributed by atoms with Crippen LogP contribution in [0.3, 0.4) is 0 Å². The fourth-order valence-corrected chi connectivity index (χ4v) is 3.70. The molecule has 0 radical (unpaired) electrons. The summed E-state index contributed by atoms with van der Waals surface area (Å²) < 4.78 is 0. The minimum atomic E-state index is 0.476. The predicted octanol–water partition coefficient (Wildman–Crippen LogP) is 4.76. The second-order valence-corrected chi connectivity index (χ2v) is 6.53. The maximum absolute atomic E-state index is 3.38. The molecule has 2 heteroatoms. The SMILES string of the molecule is CCC1CCC(N(C)c2ccc(C(CC)NC)cc2)CC1. The largest absolute Gasteiger partial charge is 0.372 e. The first-order valence-corrected chi connectivity index (χ1v) is 8.69. The number of hydrogen-bond donors (Lipinski definition) is 1. The van der Waals surface area contributed by atoms with Gasteiger partial charge >= 0.3 is 0 Å². The van der Waals surface area contributed by atoms with Crippen LogP contribution >= 0.6 is 0 Å². The third kappa shape index (κ3) is 4.00. The van der Waals surface area contributed by atoms with Gasteiger partial charge in [0.2, 0.25) is 0 Å². The Balaban J connectivity index is 1.98. The van der Waals surface area contributed by atoms with Crippen LogP contribution in [0.25, 0.3) is 0 Å². The zero-order chi connectivity index (χ0) is 15.2. The third-order valence-electron chi connectivity index (χ3n) is 5.40. The van der Waals surface area contributed by atoms with Crippen LogP contribution in [-0.2, 0) is 0 Å². The van der Waals surface area contributed by atoms with Crippen LogP contribution in [0.5, 0.6) is 0 Å². The van der Waals surface area contributed by atoms with Crippen molar-refractivity contribution in [2.75, 3.05) is 19.0 Å². The molecule has 1 atom stereocenters. The average Bonchev–Trinajstić information content (AvgIpc) is 2.56. The third-order valence-corrected chi connectivity index (χ3v) is 5.40. The highest BCUT2D eigenvalue weighted by Gasteiger charge is 2.23. The summed E-state index contributed by atoms with van der Waals surface area (Å²) in [7, 11) is 4.31. The Hall–Kier alpha value is -1.02. The Kier molecular flexibility index (Phi) is 6.10. The van der Waals surface area contributed by atoms with Crippen LogP contribution in [0.4, 0.5) is 5.69 Å². The molecule has 0 heterocycles. The van der Waals surface area contributed by atoms with E-state index < -0.39 is 0 Å². The molecule has 0 saturated heterocycles. The molecule has 2 nitrogen and oxygen atoms in total. The maximum Gasteiger partial charge on any atom is 0.0366 e. The summed E-state index contributed by atoms with van der Waals surface area (Å²) in [5.74, 6) is 0.970. The molecule has 1 aliphatic carbocycles. The molecular formula is C19H32N2. The molecule has 1 N–H and O–H groups in total. The lowest BCUT2D eigenvalue weighted by molar-refractivity contribution is 0.313. The molecule has 0 aliphatic heterocycles. The molecule has 1 aromatic carbocycles. The predicted molar refractivity (Wildman–Crippen MR) is 93.0 cm³/mol. The van der Waals surface area contributed by atoms with Crippen molar-refractivity contribution in [1.82, 2.24) is 5.32 Å². The van der Waals surface area contributed by atoms with Crippen LogP contribution in [0.1, 0.15) is 64.0 Å². The molecule has 0 bridgehead atoms. The zero-order valence-corrected chi connectivity index (χ0v) is 14.2. The lowest BCUT2D eigenvalue weighted by atomic mass is 9.84. The fraction of sp³-hybridized carbons (Fsp3) is 0.684. The van der Waals surface area contributed by atoms with Gasteiger partial charge in [0.15, 0.2) is 0 Å². The first-order valence-electron chi connectivity index (χ1n) is 8.69. The summed E-state index contributed by atoms with van der Waals surface area (Å²) in [4.78, 5) is 2.50. The van der Waals surface area contributed by atoms with Crippen molar-refractivity contribution in [3.8, 4) is 0 Å². The average molecular weight is 288 g/mol. The second kappa shape index (κ2) is 7.84. The van der Waals surface area contributed by atoms with Crippen molar-refractivity contribution in [2.24, 2.45) is 5.92 Å². The Morgan fingerprint density at radius 2 is 1.71 bits per heavy atom. The molecule has 1 unspecified atom stereocenters. The van der Waals surface area contributed by atoms with Gasteiger partial charge in [0.05, 0.1) is 0 Å². The van der Waals surface area contributed by atoms with Crippen molar-refractivity contribution in [1.29, 1.82) is 0 Å². The van der Waals surface area contributed by atoms with Crippen LogP contribution < -0.4 is 10.2 Å². The molecule has 1 saturated carbocycles. The van der Waals surface area contributed by atoms with Gasteiger partial charge in [0, 0.05) is 24.8 Å². The minimum absolute atomic E-state index is 0.476. The van der Waals surface area contributed by atoms with Gasteiger partial charge in [-0.2, -0.15) is 0 Å². The molecule has 0 amide bonds. The van der Waals surface area contributed by atoms with E-state index in [1.54, 1.807) is 0 Å². The van der Waals surface area contributed by atoms with Gasteiger partial charge in [-0.25, -0.2) is 0 Å². The molecule has 0 aromatic heterocycles. The molecule has 1 fully saturated rings. The summed E-state index contributed by atoms with van der Waals surface area (Å²) in [6, 6.07) is 10.4. The van der Waals surface area contributed by atoms with Gasteiger partial charge in [-0.3, -0.25) is 0 Å². The van der Waals surface area contributed by atoms with E-state index in [1.807, 2.05) is 7.05 Å². The first-order chi connectivity index (χ1) is 10.2. The van der Waals surface area contributed by atoms with E-state index >= 15 is 0 Å². The monoisotopic (exact) mass is 288 g/mol. The highest BCUT2D eigenvalue weighted by molar-refractivity contribution is 5.48. The molecule has 2 rings (SSSR count). The molecular weight excluding hydrogens is 256 g/mol. The molecule has 0 spiro atoms. The second-order valence-electron chi connectivity index (χ2n) is 6.53. The molecule has 21 heavy (non-hydrogen) atoms. The normalized spacial score (nSPS) is 23.8. The fourth-order valence-electron chi connectivity index (χ4n) is 3.70. The number of hydrogen-bond acceptors (Lipinski definition) is 2. The first kappa shape index (κ1) is 16.4. The molecule has 1 aliphatic rings. The summed E-state index contributed by atoms with van der Waals surface area (Å²) in [6.07, 6.45) is 8.00. The van der Waals surface area contributed by atoms with Gasteiger partial charge in [-0.1, -0.05) is 32.4 Å². The number of nitrogens with one attached hydrogen (secondary N) is 1. The number of anilines is 1. The number of rotatable bonds is 6. The van der Waals surface area contributed by atoms with E-state index in [1.165, 1.54) is 43.4 Å². The van der Waals surface area contributed by atoms with Gasteiger partial charge in [0.25, 0.3) is 0 Å². The molecule has 1 aromatic rings. The molecule has 118 valence electrons. The highest BCUT2D eigenvalue weighted by atomic mass is 15.1. The van der Waals surface area contributed by atoms with Crippen molar-refractivity contribution in [2.45, 2.75) is 64.5 Å². The Labute approximate surface area is 130 Å². The van der Waals surface area contributed by atoms with Crippen molar-refractivity contribution >= 4 is 5.69 Å². The van der Waals surface area contributed by atoms with Crippen LogP contribution in [0.2, 0.25) is 0 Å². The smallest absolute Gasteiger partial charge is 0.0366 e. The standard InChI is InChI=1S/C19H32N2/c1-5-15-7-11-17(12-8-15)21(4)18-13-9-16(10-14-18)19(6-2)20-3/h9-10,13-15,17,19-20H,5-8,11-12H2,1-4H3. The highest BCUT2D eigenvalue weighted by Crippen LogP contribution is 2.31. The number of benzene rings is 1. The summed E-state index contributed by atoms with van der Waals surface area (Å²) in [5, 5.41) is 3.38. The van der Waals surface area contributed by atoms with E-state index in [9.17, 15) is 0 Å². The van der Waals surface area contributed by atoms with Gasteiger partial charge in [-0.15, -0.1) is 0 Å². The van der Waals surface area contributed by atoms with Crippen molar-refractivity contribution in [3.05, 3.63) is 29.8 Å². The van der Waals surface area contributed by atoms with E-state index in [0.29, 0.717) is 6.04 Å². The van der Waals surface area contributed by atoms with Crippen LogP contribution in [-0.4, -0.2) is 20.1 Å². The Bertz CT molecular complexity index is 400. The van der Waals surface area contributed by atoms with E-state index in [-0.39, 0.29) is 0 Å². The summed E-state index contributed by atoms with van der Waals surface area (Å²) >= 11 is 0. The van der Waals surface area contributed by atoms with E-state index in [2.05, 4.69) is 55.4 Å². The van der Waals surface area contributed by atoms with Gasteiger partial charge in [-0.05, 0) is 62.8 Å². The number of nitrogens with zero attached hydrogens (tertiary/aromatic N) is 1. The zero-order valence-electron chi connectivity index (χ0n) is 14.2. The Morgan fingerprint density at radius 3 is 2.19 bits per heavy atom. The van der Waals surface area contributed by atoms with Crippen LogP contribution in [0, 0.1) is 5.92 Å². The van der Waals surface area contributed by atoms with Crippen molar-refractivity contribution in [3.63, 3.8) is 0 Å². The van der Waals surface area contributed by atoms with Crippen molar-refractivity contribution < 1.29 is 0 Å². The van der Waals surface area contributed by atoms with Gasteiger partial charge < -0.3 is 10.2 Å². The maximum atomic E-state index is 3.38. The summed E-state index contributed by atoms with van der Waals surface area (Å²) in [5.41, 5.74) is 2.76. The van der Waals surface area contributed by atoms with Crippen LogP contribution in [0.15, 0.2) is 24.3 Å². The summed E-state index contributed by atoms with van der Waals surface area (Å²) in [6.45, 7) is 4.56. The lowest BCUT2D eigenvalue weighted by Gasteiger charge is -2.36. The quantitative estimate of drug-likeness (QED) is 0.811.